The topological polar surface area (TPSA) is 95.6 Å². The van der Waals surface area contributed by atoms with Crippen LogP contribution in [0.25, 0.3) is 0 Å². The van der Waals surface area contributed by atoms with Crippen molar-refractivity contribution in [2.24, 2.45) is 0 Å². The van der Waals surface area contributed by atoms with Crippen LogP contribution in [0.4, 0.5) is 11.4 Å². The zero-order valence-corrected chi connectivity index (χ0v) is 22.2. The average molecular weight is 558 g/mol. The van der Waals surface area contributed by atoms with Gasteiger partial charge in [-0.25, -0.2) is 8.42 Å². The Hall–Kier alpha value is -3.17. The third kappa shape index (κ3) is 6.70. The van der Waals surface area contributed by atoms with Crippen molar-refractivity contribution in [1.29, 1.82) is 0 Å². The fraction of sp³-hybridized carbons (Fsp3) is 0.231. The molecule has 0 spiro atoms. The first-order chi connectivity index (χ1) is 16.6. The molecule has 0 saturated carbocycles. The van der Waals surface area contributed by atoms with Crippen LogP contribution >= 0.6 is 15.9 Å². The Labute approximate surface area is 214 Å². The maximum absolute atomic E-state index is 13.5. The van der Waals surface area contributed by atoms with Gasteiger partial charge in [0.2, 0.25) is 5.91 Å². The minimum atomic E-state index is -4.05. The smallest absolute Gasteiger partial charge is 0.264 e. The third-order valence-corrected chi connectivity index (χ3v) is 7.71. The second-order valence-electron chi connectivity index (χ2n) is 8.18. The van der Waals surface area contributed by atoms with Crippen molar-refractivity contribution >= 4 is 49.1 Å². The van der Waals surface area contributed by atoms with Gasteiger partial charge in [0.05, 0.1) is 21.8 Å². The number of aryl methyl sites for hydroxylation is 1. The van der Waals surface area contributed by atoms with E-state index in [1.807, 2.05) is 20.8 Å². The molecule has 0 radical (unpaired) electrons. The number of sulfonamides is 1. The number of benzene rings is 3. The molecule has 9 heteroatoms. The summed E-state index contributed by atoms with van der Waals surface area (Å²) in [4.78, 5) is 25.9. The van der Waals surface area contributed by atoms with E-state index in [-0.39, 0.29) is 16.8 Å². The molecule has 35 heavy (non-hydrogen) atoms. The van der Waals surface area contributed by atoms with Crippen LogP contribution in [-0.2, 0) is 14.8 Å². The molecule has 3 rings (SSSR count). The van der Waals surface area contributed by atoms with Crippen molar-refractivity contribution in [2.45, 2.75) is 38.1 Å². The molecule has 1 unspecified atom stereocenters. The van der Waals surface area contributed by atoms with Crippen molar-refractivity contribution < 1.29 is 18.0 Å². The Morgan fingerprint density at radius 2 is 1.69 bits per heavy atom. The molecule has 2 amide bonds. The van der Waals surface area contributed by atoms with Crippen molar-refractivity contribution in [3.8, 4) is 0 Å². The molecule has 0 aliphatic carbocycles. The number of carbonyl (C=O) groups is 2. The Balaban J connectivity index is 1.91. The Morgan fingerprint density at radius 3 is 2.34 bits per heavy atom. The molecule has 3 aromatic carbocycles. The highest BCUT2D eigenvalue weighted by Crippen LogP contribution is 2.27. The van der Waals surface area contributed by atoms with Crippen LogP contribution in [0.1, 0.15) is 36.2 Å². The van der Waals surface area contributed by atoms with Crippen LogP contribution < -0.4 is 14.9 Å². The summed E-state index contributed by atoms with van der Waals surface area (Å²) in [5, 5.41) is 5.59. The molecule has 7 nitrogen and oxygen atoms in total. The lowest BCUT2D eigenvalue weighted by atomic mass is 10.1. The van der Waals surface area contributed by atoms with Gasteiger partial charge in [-0.1, -0.05) is 58.7 Å². The number of hydrogen-bond acceptors (Lipinski definition) is 4. The van der Waals surface area contributed by atoms with Gasteiger partial charge in [-0.15, -0.1) is 0 Å². The van der Waals surface area contributed by atoms with Gasteiger partial charge in [0.1, 0.15) is 6.54 Å². The average Bonchev–Trinajstić information content (AvgIpc) is 2.83. The summed E-state index contributed by atoms with van der Waals surface area (Å²) in [7, 11) is -4.05. The summed E-state index contributed by atoms with van der Waals surface area (Å²) in [6, 6.07) is 19.8. The van der Waals surface area contributed by atoms with Crippen LogP contribution in [0.3, 0.4) is 0 Å². The first-order valence-electron chi connectivity index (χ1n) is 11.2. The number of amides is 2. The molecular formula is C26H28BrN3O4S. The summed E-state index contributed by atoms with van der Waals surface area (Å²) in [6.07, 6.45) is 0.763. The number of anilines is 2. The lowest BCUT2D eigenvalue weighted by molar-refractivity contribution is -0.114. The summed E-state index contributed by atoms with van der Waals surface area (Å²) >= 11 is 3.37. The maximum atomic E-state index is 13.5. The molecule has 0 aliphatic rings. The fourth-order valence-corrected chi connectivity index (χ4v) is 5.10. The zero-order chi connectivity index (χ0) is 25.6. The predicted octanol–water partition coefficient (Wildman–Crippen LogP) is 5.12. The van der Waals surface area contributed by atoms with Crippen molar-refractivity contribution in [1.82, 2.24) is 5.32 Å². The van der Waals surface area contributed by atoms with E-state index < -0.39 is 22.5 Å². The highest BCUT2D eigenvalue weighted by atomic mass is 79.9. The number of nitrogens with one attached hydrogen (secondary N) is 2. The van der Waals surface area contributed by atoms with E-state index in [9.17, 15) is 18.0 Å². The SMILES string of the molecule is CCC(C)NC(=O)c1ccccc1NC(=O)CN(c1cccc(Br)c1)S(=O)(=O)c1ccc(C)cc1. The van der Waals surface area contributed by atoms with E-state index in [1.54, 1.807) is 60.7 Å². The summed E-state index contributed by atoms with van der Waals surface area (Å²) in [5.74, 6) is -0.893. The number of nitrogens with zero attached hydrogens (tertiary/aromatic N) is 1. The van der Waals surface area contributed by atoms with Gasteiger partial charge < -0.3 is 10.6 Å². The largest absolute Gasteiger partial charge is 0.350 e. The van der Waals surface area contributed by atoms with E-state index in [0.717, 1.165) is 16.3 Å². The van der Waals surface area contributed by atoms with E-state index in [1.165, 1.54) is 12.1 Å². The van der Waals surface area contributed by atoms with Crippen LogP contribution in [-0.4, -0.2) is 32.8 Å². The standard InChI is InChI=1S/C26H28BrN3O4S/c1-4-19(3)28-26(32)23-10-5-6-11-24(23)29-25(31)17-30(21-9-7-8-20(27)16-21)35(33,34)22-14-12-18(2)13-15-22/h5-16,19H,4,17H2,1-3H3,(H,28,32)(H,29,31). The Kier molecular flexibility index (Phi) is 8.69. The number of hydrogen-bond donors (Lipinski definition) is 2. The molecule has 2 N–H and O–H groups in total. The minimum absolute atomic E-state index is 0.0297. The van der Waals surface area contributed by atoms with Gasteiger partial charge in [-0.3, -0.25) is 13.9 Å². The molecule has 1 atom stereocenters. The van der Waals surface area contributed by atoms with Crippen molar-refractivity contribution in [2.75, 3.05) is 16.2 Å². The number of rotatable bonds is 9. The molecule has 3 aromatic rings. The second-order valence-corrected chi connectivity index (χ2v) is 11.0. The first-order valence-corrected chi connectivity index (χ1v) is 13.4. The first kappa shape index (κ1) is 26.4. The van der Waals surface area contributed by atoms with Crippen molar-refractivity contribution in [3.05, 3.63) is 88.4 Å². The van der Waals surface area contributed by atoms with Crippen molar-refractivity contribution in [3.63, 3.8) is 0 Å². The van der Waals surface area contributed by atoms with Gasteiger partial charge in [0.25, 0.3) is 15.9 Å². The fourth-order valence-electron chi connectivity index (χ4n) is 3.30. The van der Waals surface area contributed by atoms with Gasteiger partial charge in [-0.05, 0) is 62.7 Å². The molecule has 0 bridgehead atoms. The van der Waals surface area contributed by atoms with Gasteiger partial charge in [-0.2, -0.15) is 0 Å². The summed E-state index contributed by atoms with van der Waals surface area (Å²) < 4.78 is 28.8. The highest BCUT2D eigenvalue weighted by Gasteiger charge is 2.28. The second kappa shape index (κ2) is 11.5. The Morgan fingerprint density at radius 1 is 1.00 bits per heavy atom. The normalized spacial score (nSPS) is 12.0. The minimum Gasteiger partial charge on any atom is -0.350 e. The van der Waals surface area contributed by atoms with Crippen LogP contribution in [0, 0.1) is 6.92 Å². The molecule has 0 heterocycles. The maximum Gasteiger partial charge on any atom is 0.264 e. The van der Waals surface area contributed by atoms with Gasteiger partial charge >= 0.3 is 0 Å². The molecule has 0 fully saturated rings. The van der Waals surface area contributed by atoms with Crippen LogP contribution in [0.15, 0.2) is 82.2 Å². The third-order valence-electron chi connectivity index (χ3n) is 5.43. The molecule has 0 saturated heterocycles. The molecule has 184 valence electrons. The summed E-state index contributed by atoms with van der Waals surface area (Å²) in [6.45, 7) is 5.24. The molecule has 0 aliphatic heterocycles. The van der Waals surface area contributed by atoms with Crippen LogP contribution in [0.5, 0.6) is 0 Å². The Bertz CT molecular complexity index is 1310. The lowest BCUT2D eigenvalue weighted by Crippen LogP contribution is -2.38. The monoisotopic (exact) mass is 557 g/mol. The summed E-state index contributed by atoms with van der Waals surface area (Å²) in [5.41, 5.74) is 1.86. The van der Waals surface area contributed by atoms with E-state index in [4.69, 9.17) is 0 Å². The van der Waals surface area contributed by atoms with E-state index in [0.29, 0.717) is 21.4 Å². The highest BCUT2D eigenvalue weighted by molar-refractivity contribution is 9.10. The van der Waals surface area contributed by atoms with Gasteiger partial charge in [0, 0.05) is 10.5 Å². The quantitative estimate of drug-likeness (QED) is 0.381. The van der Waals surface area contributed by atoms with E-state index >= 15 is 0 Å². The van der Waals surface area contributed by atoms with E-state index in [2.05, 4.69) is 26.6 Å². The number of carbonyl (C=O) groups excluding carboxylic acids is 2. The molecular weight excluding hydrogens is 530 g/mol. The molecule has 0 aromatic heterocycles. The van der Waals surface area contributed by atoms with Gasteiger partial charge in [0.15, 0.2) is 0 Å². The number of halogens is 1. The van der Waals surface area contributed by atoms with Crippen LogP contribution in [0.2, 0.25) is 0 Å². The predicted molar refractivity (Wildman–Crippen MR) is 142 cm³/mol. The lowest BCUT2D eigenvalue weighted by Gasteiger charge is -2.24. The number of para-hydroxylation sites is 1. The zero-order valence-electron chi connectivity index (χ0n) is 19.8.